The first-order valence-electron chi connectivity index (χ1n) is 9.36. The Labute approximate surface area is 157 Å². The highest BCUT2D eigenvalue weighted by Crippen LogP contribution is 2.25. The Balaban J connectivity index is 1.38. The van der Waals surface area contributed by atoms with Gasteiger partial charge in [-0.2, -0.15) is 5.26 Å². The van der Waals surface area contributed by atoms with Crippen molar-refractivity contribution >= 4 is 22.5 Å². The summed E-state index contributed by atoms with van der Waals surface area (Å²) in [4.78, 5) is 20.5. The van der Waals surface area contributed by atoms with Crippen LogP contribution in [0.4, 0.5) is 10.1 Å². The molecule has 6 nitrogen and oxygen atoms in total. The molecule has 2 aliphatic rings. The number of hydrogen-bond acceptors (Lipinski definition) is 5. The predicted octanol–water partition coefficient (Wildman–Crippen LogP) is 2.37. The molecule has 1 aromatic carbocycles. The number of halogens is 1. The van der Waals surface area contributed by atoms with Gasteiger partial charge in [-0.25, -0.2) is 4.39 Å². The number of carbonyl (C=O) groups is 1. The summed E-state index contributed by atoms with van der Waals surface area (Å²) in [6, 6.07) is 9.33. The first kappa shape index (κ1) is 17.7. The molecule has 4 rings (SSSR count). The lowest BCUT2D eigenvalue weighted by molar-refractivity contribution is -0.132. The SMILES string of the molecule is N#C[C@@H]1CCCN1C(=O)CN1CC[C@@H](Nc2cccc3ncc(F)cc23)C1. The highest BCUT2D eigenvalue weighted by Gasteiger charge is 2.31. The highest BCUT2D eigenvalue weighted by atomic mass is 19.1. The van der Waals surface area contributed by atoms with Gasteiger partial charge in [0.25, 0.3) is 0 Å². The molecule has 1 N–H and O–H groups in total. The molecule has 3 heterocycles. The molecule has 27 heavy (non-hydrogen) atoms. The van der Waals surface area contributed by atoms with Crippen molar-refractivity contribution in [2.24, 2.45) is 0 Å². The van der Waals surface area contributed by atoms with E-state index in [1.807, 2.05) is 18.2 Å². The van der Waals surface area contributed by atoms with Crippen molar-refractivity contribution in [2.75, 3.05) is 31.5 Å². The number of hydrogen-bond donors (Lipinski definition) is 1. The Morgan fingerprint density at radius 3 is 3.11 bits per heavy atom. The standard InChI is InChI=1S/C20H22FN5O/c21-14-9-17-18(23-11-14)4-1-5-19(17)24-15-6-8-25(12-15)13-20(27)26-7-2-3-16(26)10-22/h1,4-5,9,11,15-16,24H,2-3,6-8,12-13H2/t15-,16+/m1/s1. The van der Waals surface area contributed by atoms with E-state index in [-0.39, 0.29) is 23.8 Å². The van der Waals surface area contributed by atoms with Crippen molar-refractivity contribution in [3.8, 4) is 6.07 Å². The number of aromatic nitrogens is 1. The van der Waals surface area contributed by atoms with Crippen molar-refractivity contribution in [3.63, 3.8) is 0 Å². The number of nitrogens with one attached hydrogen (secondary N) is 1. The maximum atomic E-state index is 13.6. The second-order valence-electron chi connectivity index (χ2n) is 7.27. The summed E-state index contributed by atoms with van der Waals surface area (Å²) < 4.78 is 13.6. The van der Waals surface area contributed by atoms with Crippen LogP contribution in [0.5, 0.6) is 0 Å². The van der Waals surface area contributed by atoms with Gasteiger partial charge in [-0.3, -0.25) is 14.7 Å². The van der Waals surface area contributed by atoms with Gasteiger partial charge in [0.2, 0.25) is 5.91 Å². The number of likely N-dealkylation sites (tertiary alicyclic amines) is 2. The fourth-order valence-corrected chi connectivity index (χ4v) is 4.05. The molecule has 140 valence electrons. The molecule has 0 bridgehead atoms. The van der Waals surface area contributed by atoms with Crippen LogP contribution < -0.4 is 5.32 Å². The van der Waals surface area contributed by atoms with Crippen LogP contribution in [0.3, 0.4) is 0 Å². The fourth-order valence-electron chi connectivity index (χ4n) is 4.05. The summed E-state index contributed by atoms with van der Waals surface area (Å²) in [5.74, 6) is -0.316. The van der Waals surface area contributed by atoms with Gasteiger partial charge in [-0.15, -0.1) is 0 Å². The van der Waals surface area contributed by atoms with E-state index in [1.165, 1.54) is 12.3 Å². The van der Waals surface area contributed by atoms with E-state index in [0.717, 1.165) is 48.9 Å². The summed E-state index contributed by atoms with van der Waals surface area (Å²) >= 11 is 0. The van der Waals surface area contributed by atoms with Crippen LogP contribution in [0.15, 0.2) is 30.5 Å². The molecule has 2 fully saturated rings. The molecular formula is C20H22FN5O. The zero-order valence-corrected chi connectivity index (χ0v) is 15.1. The molecule has 2 atom stereocenters. The van der Waals surface area contributed by atoms with Gasteiger partial charge in [-0.1, -0.05) is 6.07 Å². The lowest BCUT2D eigenvalue weighted by atomic mass is 10.1. The third-order valence-corrected chi connectivity index (χ3v) is 5.41. The van der Waals surface area contributed by atoms with Gasteiger partial charge in [0, 0.05) is 36.7 Å². The number of amides is 1. The van der Waals surface area contributed by atoms with Crippen LogP contribution in [-0.4, -0.2) is 59.0 Å². The monoisotopic (exact) mass is 367 g/mol. The summed E-state index contributed by atoms with van der Waals surface area (Å²) in [6.45, 7) is 2.60. The van der Waals surface area contributed by atoms with Crippen molar-refractivity contribution in [3.05, 3.63) is 36.3 Å². The summed E-state index contributed by atoms with van der Waals surface area (Å²) in [5.41, 5.74) is 1.62. The fraction of sp³-hybridized carbons (Fsp3) is 0.450. The Kier molecular flexibility index (Phi) is 4.90. The molecule has 7 heteroatoms. The largest absolute Gasteiger partial charge is 0.380 e. The van der Waals surface area contributed by atoms with E-state index >= 15 is 0 Å². The van der Waals surface area contributed by atoms with Gasteiger partial charge in [-0.05, 0) is 37.5 Å². The number of pyridine rings is 1. The molecular weight excluding hydrogens is 345 g/mol. The smallest absolute Gasteiger partial charge is 0.237 e. The molecule has 0 unspecified atom stereocenters. The number of carbonyl (C=O) groups excluding carboxylic acids is 1. The van der Waals surface area contributed by atoms with Crippen LogP contribution >= 0.6 is 0 Å². The van der Waals surface area contributed by atoms with Gasteiger partial charge < -0.3 is 10.2 Å². The first-order valence-corrected chi connectivity index (χ1v) is 9.36. The minimum Gasteiger partial charge on any atom is -0.380 e. The number of anilines is 1. The van der Waals surface area contributed by atoms with Crippen molar-refractivity contribution < 1.29 is 9.18 Å². The average molecular weight is 367 g/mol. The molecule has 2 aromatic rings. The van der Waals surface area contributed by atoms with Crippen LogP contribution in [0.25, 0.3) is 10.9 Å². The van der Waals surface area contributed by atoms with Crippen LogP contribution in [-0.2, 0) is 4.79 Å². The first-order chi connectivity index (χ1) is 13.1. The van der Waals surface area contributed by atoms with Gasteiger partial charge in [0.1, 0.15) is 11.9 Å². The summed E-state index contributed by atoms with van der Waals surface area (Å²) in [7, 11) is 0. The van der Waals surface area contributed by atoms with Gasteiger partial charge in [0.05, 0.1) is 24.3 Å². The van der Waals surface area contributed by atoms with Gasteiger partial charge in [0.15, 0.2) is 0 Å². The molecule has 0 aliphatic carbocycles. The zero-order valence-electron chi connectivity index (χ0n) is 15.1. The van der Waals surface area contributed by atoms with E-state index in [4.69, 9.17) is 5.26 Å². The molecule has 2 saturated heterocycles. The molecule has 0 saturated carbocycles. The third kappa shape index (κ3) is 3.71. The zero-order chi connectivity index (χ0) is 18.8. The molecule has 0 spiro atoms. The number of benzene rings is 1. The van der Waals surface area contributed by atoms with Crippen LogP contribution in [0.2, 0.25) is 0 Å². The third-order valence-electron chi connectivity index (χ3n) is 5.41. The maximum absolute atomic E-state index is 13.6. The van der Waals surface area contributed by atoms with E-state index in [9.17, 15) is 9.18 Å². The molecule has 1 amide bonds. The summed E-state index contributed by atoms with van der Waals surface area (Å²) in [6.07, 6.45) is 3.81. The maximum Gasteiger partial charge on any atom is 0.237 e. The number of nitriles is 1. The Morgan fingerprint density at radius 2 is 2.26 bits per heavy atom. The Bertz CT molecular complexity index is 896. The van der Waals surface area contributed by atoms with Crippen molar-refractivity contribution in [2.45, 2.75) is 31.3 Å². The molecule has 2 aliphatic heterocycles. The topological polar surface area (TPSA) is 72.3 Å². The lowest BCUT2D eigenvalue weighted by Gasteiger charge is -2.23. The second kappa shape index (κ2) is 7.49. The van der Waals surface area contributed by atoms with E-state index in [2.05, 4.69) is 21.3 Å². The van der Waals surface area contributed by atoms with E-state index in [1.54, 1.807) is 4.90 Å². The lowest BCUT2D eigenvalue weighted by Crippen LogP contribution is -2.42. The quantitative estimate of drug-likeness (QED) is 0.898. The van der Waals surface area contributed by atoms with Crippen LogP contribution in [0, 0.1) is 17.1 Å². The molecule has 1 aromatic heterocycles. The summed E-state index contributed by atoms with van der Waals surface area (Å²) in [5, 5.41) is 13.4. The normalized spacial score (nSPS) is 22.9. The van der Waals surface area contributed by atoms with Crippen molar-refractivity contribution in [1.82, 2.24) is 14.8 Å². The van der Waals surface area contributed by atoms with Crippen LogP contribution in [0.1, 0.15) is 19.3 Å². The number of rotatable bonds is 4. The minimum absolute atomic E-state index is 0.0381. The Morgan fingerprint density at radius 1 is 1.37 bits per heavy atom. The van der Waals surface area contributed by atoms with E-state index in [0.29, 0.717) is 13.1 Å². The van der Waals surface area contributed by atoms with E-state index < -0.39 is 0 Å². The number of fused-ring (bicyclic) bond motifs is 1. The second-order valence-corrected chi connectivity index (χ2v) is 7.27. The molecule has 0 radical (unpaired) electrons. The number of nitrogens with zero attached hydrogens (tertiary/aromatic N) is 4. The highest BCUT2D eigenvalue weighted by molar-refractivity contribution is 5.91. The van der Waals surface area contributed by atoms with Crippen molar-refractivity contribution in [1.29, 1.82) is 5.26 Å². The predicted molar refractivity (Wildman–Crippen MR) is 101 cm³/mol. The minimum atomic E-state index is -0.354. The average Bonchev–Trinajstić information content (AvgIpc) is 3.31. The van der Waals surface area contributed by atoms with Gasteiger partial charge >= 0.3 is 0 Å². The Hall–Kier alpha value is -2.72.